The van der Waals surface area contributed by atoms with E-state index < -0.39 is 0 Å². The molecule has 0 spiro atoms. The molecule has 3 heteroatoms. The third kappa shape index (κ3) is 3.38. The van der Waals surface area contributed by atoms with Crippen molar-refractivity contribution in [2.45, 2.75) is 20.8 Å². The van der Waals surface area contributed by atoms with Crippen molar-refractivity contribution in [3.63, 3.8) is 0 Å². The van der Waals surface area contributed by atoms with Crippen LogP contribution in [0.2, 0.25) is 0 Å². The maximum Gasteiger partial charge on any atom is 0.102 e. The molecule has 0 heterocycles. The Kier molecular flexibility index (Phi) is 5.20. The summed E-state index contributed by atoms with van der Waals surface area (Å²) in [4.78, 5) is 2.08. The van der Waals surface area contributed by atoms with Crippen LogP contribution in [-0.4, -0.2) is 18.0 Å². The fraction of sp³-hybridized carbons (Fsp3) is 0.312. The second kappa shape index (κ2) is 6.65. The average Bonchev–Trinajstić information content (AvgIpc) is 2.41. The first-order chi connectivity index (χ1) is 9.04. The molecule has 0 aliphatic heterocycles. The Bertz CT molecular complexity index is 531. The Morgan fingerprint density at radius 1 is 1.37 bits per heavy atom. The summed E-state index contributed by atoms with van der Waals surface area (Å²) >= 11 is 0. The lowest BCUT2D eigenvalue weighted by Crippen LogP contribution is -2.22. The zero-order valence-electron chi connectivity index (χ0n) is 11.9. The maximum atomic E-state index is 9.41. The Morgan fingerprint density at radius 2 is 2.00 bits per heavy atom. The fourth-order valence-electron chi connectivity index (χ4n) is 2.04. The summed E-state index contributed by atoms with van der Waals surface area (Å²) < 4.78 is 0. The second-order valence-corrected chi connectivity index (χ2v) is 4.36. The van der Waals surface area contributed by atoms with Gasteiger partial charge in [-0.3, -0.25) is 0 Å². The van der Waals surface area contributed by atoms with Gasteiger partial charge in [0.15, 0.2) is 0 Å². The fourth-order valence-corrected chi connectivity index (χ4v) is 2.04. The van der Waals surface area contributed by atoms with Crippen molar-refractivity contribution in [1.29, 1.82) is 5.26 Å². The highest BCUT2D eigenvalue weighted by Crippen LogP contribution is 2.25. The van der Waals surface area contributed by atoms with Crippen molar-refractivity contribution in [2.75, 3.05) is 18.8 Å². The van der Waals surface area contributed by atoms with Gasteiger partial charge in [-0.25, -0.2) is 0 Å². The molecule has 100 valence electrons. The van der Waals surface area contributed by atoms with Crippen LogP contribution in [0.5, 0.6) is 0 Å². The lowest BCUT2D eigenvalue weighted by Gasteiger charge is -2.24. The summed E-state index contributed by atoms with van der Waals surface area (Å²) in [5.41, 5.74) is 9.75. The molecule has 0 saturated carbocycles. The molecule has 0 aliphatic carbocycles. The molecule has 0 aromatic heterocycles. The van der Waals surface area contributed by atoms with Gasteiger partial charge in [0.25, 0.3) is 0 Å². The summed E-state index contributed by atoms with van der Waals surface area (Å²) in [5, 5.41) is 9.41. The molecule has 19 heavy (non-hydrogen) atoms. The van der Waals surface area contributed by atoms with E-state index in [1.54, 1.807) is 0 Å². The van der Waals surface area contributed by atoms with Gasteiger partial charge in [-0.05, 0) is 44.0 Å². The molecule has 0 bridgehead atoms. The topological polar surface area (TPSA) is 53.1 Å². The zero-order valence-corrected chi connectivity index (χ0v) is 11.9. The maximum absolute atomic E-state index is 9.41. The first-order valence-corrected chi connectivity index (χ1v) is 6.46. The Labute approximate surface area is 115 Å². The third-order valence-electron chi connectivity index (χ3n) is 3.24. The predicted octanol–water partition coefficient (Wildman–Crippen LogP) is 3.42. The summed E-state index contributed by atoms with van der Waals surface area (Å²) in [6.45, 7) is 11.8. The summed E-state index contributed by atoms with van der Waals surface area (Å²) in [5.74, 6) is 0. The molecule has 0 unspecified atom stereocenters. The highest BCUT2D eigenvalue weighted by Gasteiger charge is 2.12. The quantitative estimate of drug-likeness (QED) is 0.498. The van der Waals surface area contributed by atoms with Gasteiger partial charge < -0.3 is 10.6 Å². The highest BCUT2D eigenvalue weighted by molar-refractivity contribution is 5.75. The SMILES string of the molecule is C=C(/C(C#N)=C(\C)c1cccc(N)c1)N(CC)CC. The molecule has 1 rings (SSSR count). The van der Waals surface area contributed by atoms with Crippen LogP contribution in [0.1, 0.15) is 26.3 Å². The van der Waals surface area contributed by atoms with Gasteiger partial charge in [0.2, 0.25) is 0 Å². The van der Waals surface area contributed by atoms with Gasteiger partial charge >= 0.3 is 0 Å². The number of anilines is 1. The van der Waals surface area contributed by atoms with Crippen LogP contribution in [-0.2, 0) is 0 Å². The number of nitrogen functional groups attached to an aromatic ring is 1. The second-order valence-electron chi connectivity index (χ2n) is 4.36. The monoisotopic (exact) mass is 255 g/mol. The molecule has 0 saturated heterocycles. The smallest absolute Gasteiger partial charge is 0.102 e. The average molecular weight is 255 g/mol. The van der Waals surface area contributed by atoms with E-state index in [-0.39, 0.29) is 0 Å². The number of benzene rings is 1. The summed E-state index contributed by atoms with van der Waals surface area (Å²) in [7, 11) is 0. The first-order valence-electron chi connectivity index (χ1n) is 6.46. The number of nitriles is 1. The molecule has 2 N–H and O–H groups in total. The molecule has 1 aromatic rings. The van der Waals surface area contributed by atoms with Gasteiger partial charge in [0.1, 0.15) is 6.07 Å². The largest absolute Gasteiger partial charge is 0.399 e. The van der Waals surface area contributed by atoms with Crippen LogP contribution >= 0.6 is 0 Å². The van der Waals surface area contributed by atoms with Crippen molar-refractivity contribution >= 4 is 11.3 Å². The number of nitrogens with two attached hydrogens (primary N) is 1. The van der Waals surface area contributed by atoms with Crippen molar-refractivity contribution in [3.05, 3.63) is 47.7 Å². The van der Waals surface area contributed by atoms with Crippen LogP contribution in [0.4, 0.5) is 5.69 Å². The minimum Gasteiger partial charge on any atom is -0.399 e. The van der Waals surface area contributed by atoms with Crippen molar-refractivity contribution in [2.24, 2.45) is 0 Å². The van der Waals surface area contributed by atoms with Gasteiger partial charge in [-0.1, -0.05) is 18.7 Å². The van der Waals surface area contributed by atoms with Crippen LogP contribution in [0.25, 0.3) is 5.57 Å². The molecule has 3 nitrogen and oxygen atoms in total. The molecular formula is C16H21N3. The molecule has 1 aromatic carbocycles. The minimum atomic E-state index is 0.620. The lowest BCUT2D eigenvalue weighted by molar-refractivity contribution is 0.393. The van der Waals surface area contributed by atoms with E-state index in [2.05, 4.69) is 31.4 Å². The zero-order chi connectivity index (χ0) is 14.4. The van der Waals surface area contributed by atoms with Crippen LogP contribution in [0, 0.1) is 11.3 Å². The number of allylic oxidation sites excluding steroid dienone is 2. The standard InChI is InChI=1S/C16H21N3/c1-5-19(6-2)13(4)16(11-17)12(3)14-8-7-9-15(18)10-14/h7-10H,4-6,18H2,1-3H3/b16-12+. The molecular weight excluding hydrogens is 234 g/mol. The Morgan fingerprint density at radius 3 is 2.47 bits per heavy atom. The Balaban J connectivity index is 3.24. The number of hydrogen-bond donors (Lipinski definition) is 1. The number of hydrogen-bond acceptors (Lipinski definition) is 3. The van der Waals surface area contributed by atoms with E-state index in [1.807, 2.05) is 31.2 Å². The van der Waals surface area contributed by atoms with E-state index in [0.717, 1.165) is 29.9 Å². The Hall–Kier alpha value is -2.21. The van der Waals surface area contributed by atoms with E-state index in [4.69, 9.17) is 5.73 Å². The normalized spacial score (nSPS) is 11.5. The number of rotatable bonds is 5. The predicted molar refractivity (Wildman–Crippen MR) is 81.1 cm³/mol. The first kappa shape index (κ1) is 14.8. The summed E-state index contributed by atoms with van der Waals surface area (Å²) in [6, 6.07) is 9.83. The van der Waals surface area contributed by atoms with Crippen molar-refractivity contribution in [3.8, 4) is 6.07 Å². The lowest BCUT2D eigenvalue weighted by atomic mass is 9.99. The van der Waals surface area contributed by atoms with Crippen molar-refractivity contribution < 1.29 is 0 Å². The van der Waals surface area contributed by atoms with E-state index >= 15 is 0 Å². The van der Waals surface area contributed by atoms with Gasteiger partial charge in [0, 0.05) is 24.5 Å². The number of nitrogens with zero attached hydrogens (tertiary/aromatic N) is 2. The van der Waals surface area contributed by atoms with Gasteiger partial charge in [-0.2, -0.15) is 5.26 Å². The van der Waals surface area contributed by atoms with Crippen LogP contribution in [0.3, 0.4) is 0 Å². The third-order valence-corrected chi connectivity index (χ3v) is 3.24. The number of likely N-dealkylation sites (N-methyl/N-ethyl adjacent to an activating group) is 1. The molecule has 0 aliphatic rings. The van der Waals surface area contributed by atoms with Crippen LogP contribution in [0.15, 0.2) is 42.1 Å². The van der Waals surface area contributed by atoms with Crippen molar-refractivity contribution in [1.82, 2.24) is 4.90 Å². The summed E-state index contributed by atoms with van der Waals surface area (Å²) in [6.07, 6.45) is 0. The van der Waals surface area contributed by atoms with Gasteiger partial charge in [0.05, 0.1) is 5.57 Å². The molecule has 0 amide bonds. The molecule has 0 radical (unpaired) electrons. The molecule has 0 fully saturated rings. The van der Waals surface area contributed by atoms with E-state index in [9.17, 15) is 5.26 Å². The molecule has 0 atom stereocenters. The van der Waals surface area contributed by atoms with E-state index in [0.29, 0.717) is 11.3 Å². The van der Waals surface area contributed by atoms with Crippen LogP contribution < -0.4 is 5.73 Å². The van der Waals surface area contributed by atoms with Gasteiger partial charge in [-0.15, -0.1) is 0 Å². The van der Waals surface area contributed by atoms with E-state index in [1.165, 1.54) is 0 Å². The highest BCUT2D eigenvalue weighted by atomic mass is 15.1. The minimum absolute atomic E-state index is 0.620.